The minimum absolute atomic E-state index is 0.0991. The van der Waals surface area contributed by atoms with E-state index < -0.39 is 0 Å². The fourth-order valence-corrected chi connectivity index (χ4v) is 4.19. The average molecular weight is 389 g/mol. The van der Waals surface area contributed by atoms with E-state index in [0.717, 1.165) is 69.5 Å². The number of rotatable bonds is 4. The molecule has 3 aliphatic rings. The Hall–Kier alpha value is -2.15. The molecule has 0 aromatic heterocycles. The van der Waals surface area contributed by atoms with Gasteiger partial charge >= 0.3 is 6.03 Å². The lowest BCUT2D eigenvalue weighted by atomic mass is 10.1. The molecule has 28 heavy (non-hydrogen) atoms. The van der Waals surface area contributed by atoms with Crippen molar-refractivity contribution < 1.29 is 14.3 Å². The lowest BCUT2D eigenvalue weighted by Gasteiger charge is -2.38. The zero-order valence-electron chi connectivity index (χ0n) is 17.3. The molecule has 3 aliphatic heterocycles. The van der Waals surface area contributed by atoms with Crippen molar-refractivity contribution in [2.24, 2.45) is 0 Å². The van der Waals surface area contributed by atoms with Gasteiger partial charge in [-0.2, -0.15) is 0 Å². The van der Waals surface area contributed by atoms with Gasteiger partial charge in [0.25, 0.3) is 0 Å². The number of benzene rings is 1. The van der Waals surface area contributed by atoms with Gasteiger partial charge in [-0.05, 0) is 32.9 Å². The minimum atomic E-state index is -0.0991. The molecule has 2 fully saturated rings. The highest BCUT2D eigenvalue weighted by atomic mass is 16.6. The summed E-state index contributed by atoms with van der Waals surface area (Å²) in [6.07, 6.45) is 0. The molecule has 0 atom stereocenters. The summed E-state index contributed by atoms with van der Waals surface area (Å²) in [5, 5.41) is 0. The van der Waals surface area contributed by atoms with Gasteiger partial charge in [0.2, 0.25) is 0 Å². The van der Waals surface area contributed by atoms with E-state index in [9.17, 15) is 4.79 Å². The third-order valence-corrected chi connectivity index (χ3v) is 5.85. The van der Waals surface area contributed by atoms with Gasteiger partial charge in [-0.25, -0.2) is 4.79 Å². The molecule has 4 rings (SSSR count). The number of anilines is 1. The first-order chi connectivity index (χ1) is 13.4. The van der Waals surface area contributed by atoms with Crippen LogP contribution in [0.4, 0.5) is 10.5 Å². The molecule has 0 spiro atoms. The lowest BCUT2D eigenvalue weighted by Crippen LogP contribution is -2.49. The predicted octanol–water partition coefficient (Wildman–Crippen LogP) is 2.12. The zero-order valence-corrected chi connectivity index (χ0v) is 17.3. The van der Waals surface area contributed by atoms with Crippen LogP contribution in [-0.4, -0.2) is 91.8 Å². The molecule has 0 radical (unpaired) electrons. The number of amides is 2. The summed E-state index contributed by atoms with van der Waals surface area (Å²) < 4.78 is 11.6. The van der Waals surface area contributed by atoms with E-state index in [1.807, 2.05) is 21.9 Å². The maximum Gasteiger partial charge on any atom is 0.320 e. The first-order valence-corrected chi connectivity index (χ1v) is 10.4. The number of carbonyl (C=O) groups excluding carboxylic acids is 1. The fraction of sp³-hybridized carbons (Fsp3) is 0.667. The highest BCUT2D eigenvalue weighted by Gasteiger charge is 2.35. The zero-order chi connectivity index (χ0) is 19.7. The summed E-state index contributed by atoms with van der Waals surface area (Å²) in [6, 6.07) is 6.31. The summed E-state index contributed by atoms with van der Waals surface area (Å²) in [7, 11) is 0. The van der Waals surface area contributed by atoms with Crippen molar-refractivity contribution in [1.82, 2.24) is 14.7 Å². The van der Waals surface area contributed by atoms with Crippen LogP contribution in [0.15, 0.2) is 18.2 Å². The van der Waals surface area contributed by atoms with Crippen molar-refractivity contribution in [3.05, 3.63) is 18.2 Å². The summed E-state index contributed by atoms with van der Waals surface area (Å²) >= 11 is 0. The van der Waals surface area contributed by atoms with E-state index in [1.165, 1.54) is 0 Å². The molecule has 2 amide bonds. The van der Waals surface area contributed by atoms with Gasteiger partial charge in [0.05, 0.1) is 5.69 Å². The molecule has 0 aliphatic carbocycles. The highest BCUT2D eigenvalue weighted by Crippen LogP contribution is 2.39. The number of para-hydroxylation sites is 1. The first kappa shape index (κ1) is 19.2. The summed E-state index contributed by atoms with van der Waals surface area (Å²) in [4.78, 5) is 21.4. The average Bonchev–Trinajstić information content (AvgIpc) is 3.07. The smallest absolute Gasteiger partial charge is 0.320 e. The summed E-state index contributed by atoms with van der Waals surface area (Å²) in [5.74, 6) is 1.73. The van der Waals surface area contributed by atoms with Crippen LogP contribution in [0.25, 0.3) is 0 Å². The number of ether oxygens (including phenoxy) is 2. The third-order valence-electron chi connectivity index (χ3n) is 5.85. The Bertz CT molecular complexity index is 710. The highest BCUT2D eigenvalue weighted by molar-refractivity contribution is 5.77. The summed E-state index contributed by atoms with van der Waals surface area (Å²) in [6.45, 7) is 14.9. The van der Waals surface area contributed by atoms with Crippen molar-refractivity contribution in [1.29, 1.82) is 0 Å². The maximum absolute atomic E-state index is 12.6. The van der Waals surface area contributed by atoms with Gasteiger partial charge < -0.3 is 24.2 Å². The molecule has 1 aromatic carbocycles. The van der Waals surface area contributed by atoms with Gasteiger partial charge in [0.15, 0.2) is 11.5 Å². The van der Waals surface area contributed by atoms with Crippen LogP contribution in [0.2, 0.25) is 0 Å². The topological polar surface area (TPSA) is 48.5 Å². The Labute approximate surface area is 167 Å². The molecule has 154 valence electrons. The standard InChI is InChI=1S/C21H32N4O3/c1-21(2,3)25-14-13-24(20(25)26)12-9-22-7-10-23(11-8-22)17-5-4-6-18-19(17)28-16-15-27-18/h4-6H,7-16H2,1-3H3. The molecule has 0 saturated carbocycles. The number of carbonyl (C=O) groups is 1. The van der Waals surface area contributed by atoms with E-state index in [1.54, 1.807) is 0 Å². The second kappa shape index (κ2) is 7.70. The van der Waals surface area contributed by atoms with Crippen molar-refractivity contribution in [3.63, 3.8) is 0 Å². The molecule has 7 heteroatoms. The van der Waals surface area contributed by atoms with Crippen molar-refractivity contribution in [3.8, 4) is 11.5 Å². The second-order valence-corrected chi connectivity index (χ2v) is 8.72. The Kier molecular flexibility index (Phi) is 5.27. The van der Waals surface area contributed by atoms with Gasteiger partial charge in [-0.3, -0.25) is 4.90 Å². The lowest BCUT2D eigenvalue weighted by molar-refractivity contribution is 0.150. The Balaban J connectivity index is 1.28. The van der Waals surface area contributed by atoms with E-state index in [0.29, 0.717) is 13.2 Å². The van der Waals surface area contributed by atoms with Crippen molar-refractivity contribution in [2.75, 3.05) is 70.5 Å². The van der Waals surface area contributed by atoms with E-state index in [-0.39, 0.29) is 11.6 Å². The SMILES string of the molecule is CC(C)(C)N1CCN(CCN2CCN(c3cccc4c3OCCO4)CC2)C1=O. The molecule has 1 aromatic rings. The van der Waals surface area contributed by atoms with Gasteiger partial charge in [0.1, 0.15) is 13.2 Å². The number of nitrogens with zero attached hydrogens (tertiary/aromatic N) is 4. The monoisotopic (exact) mass is 388 g/mol. The van der Waals surface area contributed by atoms with Gasteiger partial charge in [0, 0.05) is 57.9 Å². The van der Waals surface area contributed by atoms with Crippen LogP contribution in [0.5, 0.6) is 11.5 Å². The number of hydrogen-bond acceptors (Lipinski definition) is 5. The third kappa shape index (κ3) is 3.85. The number of fused-ring (bicyclic) bond motifs is 1. The molecule has 0 bridgehead atoms. The van der Waals surface area contributed by atoms with Crippen LogP contribution in [0.3, 0.4) is 0 Å². The Morgan fingerprint density at radius 2 is 1.68 bits per heavy atom. The normalized spacial score (nSPS) is 20.8. The number of urea groups is 1. The minimum Gasteiger partial charge on any atom is -0.486 e. The fourth-order valence-electron chi connectivity index (χ4n) is 4.19. The van der Waals surface area contributed by atoms with Crippen LogP contribution < -0.4 is 14.4 Å². The number of hydrogen-bond donors (Lipinski definition) is 0. The second-order valence-electron chi connectivity index (χ2n) is 8.72. The largest absolute Gasteiger partial charge is 0.486 e. The maximum atomic E-state index is 12.6. The van der Waals surface area contributed by atoms with E-state index >= 15 is 0 Å². The van der Waals surface area contributed by atoms with Crippen molar-refractivity contribution in [2.45, 2.75) is 26.3 Å². The molecule has 0 N–H and O–H groups in total. The molecule has 3 heterocycles. The molecule has 7 nitrogen and oxygen atoms in total. The number of piperazine rings is 1. The molecule has 2 saturated heterocycles. The molecule has 0 unspecified atom stereocenters. The van der Waals surface area contributed by atoms with Crippen LogP contribution in [0.1, 0.15) is 20.8 Å². The molecular weight excluding hydrogens is 356 g/mol. The van der Waals surface area contributed by atoms with E-state index in [4.69, 9.17) is 9.47 Å². The Morgan fingerprint density at radius 3 is 2.39 bits per heavy atom. The Morgan fingerprint density at radius 1 is 0.929 bits per heavy atom. The van der Waals surface area contributed by atoms with Gasteiger partial charge in [-0.15, -0.1) is 0 Å². The van der Waals surface area contributed by atoms with Crippen LogP contribution in [-0.2, 0) is 0 Å². The first-order valence-electron chi connectivity index (χ1n) is 10.4. The van der Waals surface area contributed by atoms with Crippen LogP contribution in [0, 0.1) is 0 Å². The van der Waals surface area contributed by atoms with E-state index in [2.05, 4.69) is 36.6 Å². The molecular formula is C21H32N4O3. The van der Waals surface area contributed by atoms with Crippen molar-refractivity contribution >= 4 is 11.7 Å². The quantitative estimate of drug-likeness (QED) is 0.791. The summed E-state index contributed by atoms with van der Waals surface area (Å²) in [5.41, 5.74) is 1.03. The van der Waals surface area contributed by atoms with Crippen LogP contribution >= 0.6 is 0 Å². The predicted molar refractivity (Wildman–Crippen MR) is 110 cm³/mol. The van der Waals surface area contributed by atoms with Gasteiger partial charge in [-0.1, -0.05) is 6.07 Å².